The maximum absolute atomic E-state index is 5.10. The van der Waals surface area contributed by atoms with E-state index in [0.29, 0.717) is 0 Å². The van der Waals surface area contributed by atoms with Crippen molar-refractivity contribution in [3.8, 4) is 0 Å². The molecule has 0 aromatic carbocycles. The van der Waals surface area contributed by atoms with Gasteiger partial charge in [0.1, 0.15) is 0 Å². The molecule has 0 aromatic rings. The van der Waals surface area contributed by atoms with E-state index in [0.717, 1.165) is 0 Å². The summed E-state index contributed by atoms with van der Waals surface area (Å²) in [6.07, 6.45) is 5.90. The van der Waals surface area contributed by atoms with Crippen LogP contribution in [0.2, 0.25) is 0 Å². The van der Waals surface area contributed by atoms with E-state index in [1.54, 1.807) is 13.3 Å². The lowest BCUT2D eigenvalue weighted by Gasteiger charge is -2.17. The fourth-order valence-corrected chi connectivity index (χ4v) is 0.866. The zero-order valence-corrected chi connectivity index (χ0v) is 5.74. The lowest BCUT2D eigenvalue weighted by molar-refractivity contribution is 0.123. The van der Waals surface area contributed by atoms with Crippen molar-refractivity contribution in [2.45, 2.75) is 19.1 Å². The maximum atomic E-state index is 5.10. The molecule has 0 saturated heterocycles. The molecule has 2 nitrogen and oxygen atoms in total. The lowest BCUT2D eigenvalue weighted by atomic mass is 10.1. The van der Waals surface area contributed by atoms with Crippen LogP contribution in [0.1, 0.15) is 6.92 Å². The van der Waals surface area contributed by atoms with Gasteiger partial charge in [-0.1, -0.05) is 6.08 Å². The summed E-state index contributed by atoms with van der Waals surface area (Å²) in [4.78, 5) is 4.15. The molecule has 0 N–H and O–H groups in total. The number of hydrogen-bond acceptors (Lipinski definition) is 2. The van der Waals surface area contributed by atoms with Crippen molar-refractivity contribution in [1.82, 2.24) is 0 Å². The average molecular weight is 125 g/mol. The minimum Gasteiger partial charge on any atom is -0.375 e. The van der Waals surface area contributed by atoms with Crippen LogP contribution in [0.5, 0.6) is 0 Å². The average Bonchev–Trinajstić information content (AvgIpc) is 1.89. The first-order chi connectivity index (χ1) is 4.34. The Bertz CT molecular complexity index is 140. The van der Waals surface area contributed by atoms with Crippen molar-refractivity contribution in [2.24, 2.45) is 4.99 Å². The Kier molecular flexibility index (Phi) is 2.01. The molecular weight excluding hydrogens is 114 g/mol. The summed E-state index contributed by atoms with van der Waals surface area (Å²) in [5.41, 5.74) is 0. The number of aliphatic imine (C=N–C) groups is 1. The van der Waals surface area contributed by atoms with Crippen LogP contribution in [0.4, 0.5) is 0 Å². The molecule has 2 heteroatoms. The third kappa shape index (κ3) is 1.39. The van der Waals surface area contributed by atoms with Crippen molar-refractivity contribution in [1.29, 1.82) is 0 Å². The Morgan fingerprint density at radius 2 is 2.33 bits per heavy atom. The van der Waals surface area contributed by atoms with Gasteiger partial charge in [-0.3, -0.25) is 4.99 Å². The molecule has 1 aliphatic heterocycles. The number of methoxy groups -OCH3 is 1. The van der Waals surface area contributed by atoms with E-state index in [1.165, 1.54) is 0 Å². The molecule has 0 amide bonds. The zero-order chi connectivity index (χ0) is 6.69. The smallest absolute Gasteiger partial charge is 0.0976 e. The highest BCUT2D eigenvalue weighted by Gasteiger charge is 2.12. The summed E-state index contributed by atoms with van der Waals surface area (Å²) in [6.45, 7) is 2.04. The van der Waals surface area contributed by atoms with Gasteiger partial charge in [0.05, 0.1) is 12.1 Å². The van der Waals surface area contributed by atoms with E-state index in [9.17, 15) is 0 Å². The van der Waals surface area contributed by atoms with Gasteiger partial charge in [0.2, 0.25) is 0 Å². The molecule has 1 rings (SSSR count). The monoisotopic (exact) mass is 125 g/mol. The first-order valence-electron chi connectivity index (χ1n) is 3.07. The molecule has 50 valence electrons. The first kappa shape index (κ1) is 6.49. The molecule has 0 fully saturated rings. The topological polar surface area (TPSA) is 21.6 Å². The van der Waals surface area contributed by atoms with Crippen LogP contribution >= 0.6 is 0 Å². The summed E-state index contributed by atoms with van der Waals surface area (Å²) in [5, 5.41) is 0. The Balaban J connectivity index is 2.55. The highest BCUT2D eigenvalue weighted by molar-refractivity contribution is 5.72. The van der Waals surface area contributed by atoms with Crippen molar-refractivity contribution >= 4 is 6.21 Å². The summed E-state index contributed by atoms with van der Waals surface area (Å²) in [5.74, 6) is 0. The molecule has 1 heterocycles. The van der Waals surface area contributed by atoms with Crippen molar-refractivity contribution in [3.05, 3.63) is 12.2 Å². The third-order valence-corrected chi connectivity index (χ3v) is 1.46. The fraction of sp³-hybridized carbons (Fsp3) is 0.571. The van der Waals surface area contributed by atoms with E-state index in [1.807, 2.05) is 19.1 Å². The van der Waals surface area contributed by atoms with E-state index >= 15 is 0 Å². The number of allylic oxidation sites excluding steroid dienone is 1. The molecule has 9 heavy (non-hydrogen) atoms. The Morgan fingerprint density at radius 1 is 1.56 bits per heavy atom. The second-order valence-corrected chi connectivity index (χ2v) is 2.12. The highest BCUT2D eigenvalue weighted by Crippen LogP contribution is 2.06. The van der Waals surface area contributed by atoms with E-state index < -0.39 is 0 Å². The minimum absolute atomic E-state index is 0.176. The van der Waals surface area contributed by atoms with E-state index in [4.69, 9.17) is 4.74 Å². The molecule has 1 unspecified atom stereocenters. The number of nitrogens with zero attached hydrogens (tertiary/aromatic N) is 1. The van der Waals surface area contributed by atoms with Crippen molar-refractivity contribution < 1.29 is 4.74 Å². The van der Waals surface area contributed by atoms with E-state index in [-0.39, 0.29) is 12.1 Å². The summed E-state index contributed by atoms with van der Waals surface area (Å²) in [7, 11) is 1.70. The molecule has 0 bridgehead atoms. The van der Waals surface area contributed by atoms with Crippen LogP contribution in [-0.2, 0) is 4.74 Å². The summed E-state index contributed by atoms with van der Waals surface area (Å²) < 4.78 is 5.10. The molecule has 0 spiro atoms. The van der Waals surface area contributed by atoms with Gasteiger partial charge in [-0.05, 0) is 13.0 Å². The Hall–Kier alpha value is -0.630. The molecular formula is C7H11NO. The Labute approximate surface area is 55.2 Å². The molecule has 2 atom stereocenters. The van der Waals surface area contributed by atoms with Crippen LogP contribution in [0.25, 0.3) is 0 Å². The summed E-state index contributed by atoms with van der Waals surface area (Å²) in [6, 6.07) is 0.278. The van der Waals surface area contributed by atoms with Gasteiger partial charge in [-0.2, -0.15) is 0 Å². The lowest BCUT2D eigenvalue weighted by Crippen LogP contribution is -2.23. The van der Waals surface area contributed by atoms with Crippen molar-refractivity contribution in [3.63, 3.8) is 0 Å². The second-order valence-electron chi connectivity index (χ2n) is 2.12. The molecule has 0 aromatic heterocycles. The van der Waals surface area contributed by atoms with Crippen LogP contribution in [0, 0.1) is 0 Å². The molecule has 0 saturated carbocycles. The standard InChI is InChI=1S/C7H11NO/c1-6-7(9-2)4-3-5-8-6/h3-7H,1-2H3/t6-,7?/m0/s1. The van der Waals surface area contributed by atoms with Crippen LogP contribution < -0.4 is 0 Å². The van der Waals surface area contributed by atoms with Crippen LogP contribution in [-0.4, -0.2) is 25.5 Å². The first-order valence-corrected chi connectivity index (χ1v) is 3.07. The number of ether oxygens (including phenoxy) is 1. The number of dihydropyridines is 1. The molecule has 0 aliphatic carbocycles. The van der Waals surface area contributed by atoms with Gasteiger partial charge >= 0.3 is 0 Å². The molecule has 0 radical (unpaired) electrons. The fourth-order valence-electron chi connectivity index (χ4n) is 0.866. The SMILES string of the molecule is COC1C=CC=N[C@H]1C. The van der Waals surface area contributed by atoms with Gasteiger partial charge in [0.15, 0.2) is 0 Å². The second kappa shape index (κ2) is 2.78. The maximum Gasteiger partial charge on any atom is 0.0976 e. The third-order valence-electron chi connectivity index (χ3n) is 1.46. The van der Waals surface area contributed by atoms with E-state index in [2.05, 4.69) is 4.99 Å². The Morgan fingerprint density at radius 3 is 2.78 bits per heavy atom. The predicted octanol–water partition coefficient (Wildman–Crippen LogP) is 1.03. The predicted molar refractivity (Wildman–Crippen MR) is 37.9 cm³/mol. The van der Waals surface area contributed by atoms with Gasteiger partial charge in [0, 0.05) is 13.3 Å². The minimum atomic E-state index is 0.176. The number of rotatable bonds is 1. The largest absolute Gasteiger partial charge is 0.375 e. The summed E-state index contributed by atoms with van der Waals surface area (Å²) >= 11 is 0. The zero-order valence-electron chi connectivity index (χ0n) is 5.74. The quantitative estimate of drug-likeness (QED) is 0.513. The van der Waals surface area contributed by atoms with Crippen LogP contribution in [0.3, 0.4) is 0 Å². The van der Waals surface area contributed by atoms with Gasteiger partial charge in [-0.25, -0.2) is 0 Å². The van der Waals surface area contributed by atoms with Gasteiger partial charge < -0.3 is 4.74 Å². The normalized spacial score (nSPS) is 33.1. The number of hydrogen-bond donors (Lipinski definition) is 0. The van der Waals surface area contributed by atoms with Gasteiger partial charge in [-0.15, -0.1) is 0 Å². The van der Waals surface area contributed by atoms with Gasteiger partial charge in [0.25, 0.3) is 0 Å². The van der Waals surface area contributed by atoms with Crippen LogP contribution in [0.15, 0.2) is 17.1 Å². The highest BCUT2D eigenvalue weighted by atomic mass is 16.5. The molecule has 1 aliphatic rings. The van der Waals surface area contributed by atoms with Crippen molar-refractivity contribution in [2.75, 3.05) is 7.11 Å².